The topological polar surface area (TPSA) is 35.2 Å². The minimum absolute atomic E-state index is 0.0889. The van der Waals surface area contributed by atoms with Crippen molar-refractivity contribution in [2.45, 2.75) is 39.2 Å². The van der Waals surface area contributed by atoms with E-state index in [-0.39, 0.29) is 18.4 Å². The van der Waals surface area contributed by atoms with Crippen LogP contribution in [0.5, 0.6) is 5.75 Å². The Bertz CT molecular complexity index is 423. The van der Waals surface area contributed by atoms with Crippen LogP contribution in [0.15, 0.2) is 24.3 Å². The number of ether oxygens (including phenoxy) is 1. The molecule has 0 aliphatic heterocycles. The normalized spacial score (nSPS) is 12.3. The van der Waals surface area contributed by atoms with Crippen molar-refractivity contribution in [1.29, 1.82) is 0 Å². The van der Waals surface area contributed by atoms with Crippen molar-refractivity contribution >= 4 is 0 Å². The second-order valence-corrected chi connectivity index (χ2v) is 4.82. The largest absolute Gasteiger partial charge is 0.487 e. The molecule has 1 rings (SSSR count). The first-order chi connectivity index (χ1) is 8.93. The number of hydrogen-bond donors (Lipinski definition) is 1. The van der Waals surface area contributed by atoms with Crippen molar-refractivity contribution in [3.8, 4) is 5.75 Å². The van der Waals surface area contributed by atoms with Gasteiger partial charge in [-0.1, -0.05) is 12.5 Å². The second kappa shape index (κ2) is 7.24. The van der Waals surface area contributed by atoms with Crippen molar-refractivity contribution in [2.75, 3.05) is 6.61 Å². The highest BCUT2D eigenvalue weighted by molar-refractivity contribution is 5.31. The Balaban J connectivity index is 2.76. The zero-order valence-electron chi connectivity index (χ0n) is 11.5. The predicted molar refractivity (Wildman–Crippen MR) is 73.3 cm³/mol. The Morgan fingerprint density at radius 2 is 1.95 bits per heavy atom. The first-order valence-corrected chi connectivity index (χ1v) is 6.44. The average molecular weight is 269 g/mol. The van der Waals surface area contributed by atoms with Crippen molar-refractivity contribution in [3.05, 3.63) is 41.5 Å². The molecule has 0 aromatic heterocycles. The Morgan fingerprint density at radius 3 is 2.42 bits per heavy atom. The Kier molecular flexibility index (Phi) is 5.96. The Hall–Kier alpha value is -1.42. The Morgan fingerprint density at radius 1 is 1.37 bits per heavy atom. The summed E-state index contributed by atoms with van der Waals surface area (Å²) >= 11 is 0. The van der Waals surface area contributed by atoms with Crippen LogP contribution in [0.4, 0.5) is 8.78 Å². The van der Waals surface area contributed by atoms with Gasteiger partial charge in [0.25, 0.3) is 0 Å². The lowest BCUT2D eigenvalue weighted by atomic mass is 10.0. The maximum atomic E-state index is 13.8. The molecule has 106 valence electrons. The van der Waals surface area contributed by atoms with Gasteiger partial charge < -0.3 is 10.5 Å². The first kappa shape index (κ1) is 15.6. The van der Waals surface area contributed by atoms with E-state index in [2.05, 4.69) is 6.58 Å². The lowest BCUT2D eigenvalue weighted by Gasteiger charge is -2.12. The van der Waals surface area contributed by atoms with Gasteiger partial charge in [-0.2, -0.15) is 0 Å². The summed E-state index contributed by atoms with van der Waals surface area (Å²) < 4.78 is 32.6. The minimum atomic E-state index is -0.681. The molecule has 0 aliphatic carbocycles. The van der Waals surface area contributed by atoms with Gasteiger partial charge in [-0.15, -0.1) is 6.58 Å². The molecular weight excluding hydrogens is 248 g/mol. The smallest absolute Gasteiger partial charge is 0.190 e. The van der Waals surface area contributed by atoms with Gasteiger partial charge in [-0.25, -0.2) is 8.78 Å². The number of rotatable bonds is 7. The standard InChI is InChI=1S/C15H21F2NO/c1-4-12(18)7-11-8-13(16)15(14(17)9-11)19-6-5-10(2)3/h8-9,12H,2,4-7,18H2,1,3H3. The summed E-state index contributed by atoms with van der Waals surface area (Å²) in [5, 5.41) is 0. The van der Waals surface area contributed by atoms with E-state index in [1.165, 1.54) is 12.1 Å². The van der Waals surface area contributed by atoms with Gasteiger partial charge in [0, 0.05) is 12.5 Å². The zero-order valence-corrected chi connectivity index (χ0v) is 11.5. The predicted octanol–water partition coefficient (Wildman–Crippen LogP) is 3.59. The fraction of sp³-hybridized carbons (Fsp3) is 0.467. The molecule has 1 atom stereocenters. The van der Waals surface area contributed by atoms with Crippen molar-refractivity contribution in [2.24, 2.45) is 5.73 Å². The van der Waals surface area contributed by atoms with Crippen LogP contribution in [-0.4, -0.2) is 12.6 Å². The van der Waals surface area contributed by atoms with Crippen LogP contribution < -0.4 is 10.5 Å². The van der Waals surface area contributed by atoms with Crippen LogP contribution in [-0.2, 0) is 6.42 Å². The first-order valence-electron chi connectivity index (χ1n) is 6.44. The molecule has 0 radical (unpaired) electrons. The quantitative estimate of drug-likeness (QED) is 0.768. The molecule has 1 unspecified atom stereocenters. The number of nitrogens with two attached hydrogens (primary N) is 1. The highest BCUT2D eigenvalue weighted by Gasteiger charge is 2.13. The summed E-state index contributed by atoms with van der Waals surface area (Å²) in [6, 6.07) is 2.48. The third-order valence-electron chi connectivity index (χ3n) is 2.86. The van der Waals surface area contributed by atoms with Crippen molar-refractivity contribution < 1.29 is 13.5 Å². The molecule has 2 nitrogen and oxygen atoms in total. The summed E-state index contributed by atoms with van der Waals surface area (Å²) in [5.74, 6) is -1.69. The highest BCUT2D eigenvalue weighted by Crippen LogP contribution is 2.24. The highest BCUT2D eigenvalue weighted by atomic mass is 19.1. The fourth-order valence-corrected chi connectivity index (χ4v) is 1.64. The SMILES string of the molecule is C=C(C)CCOc1c(F)cc(CC(N)CC)cc1F. The summed E-state index contributed by atoms with van der Waals surface area (Å²) in [7, 11) is 0. The molecule has 19 heavy (non-hydrogen) atoms. The molecule has 0 bridgehead atoms. The zero-order chi connectivity index (χ0) is 14.4. The van der Waals surface area contributed by atoms with Gasteiger partial charge in [0.05, 0.1) is 6.61 Å². The van der Waals surface area contributed by atoms with Gasteiger partial charge in [-0.3, -0.25) is 0 Å². The maximum Gasteiger partial charge on any atom is 0.190 e. The molecule has 0 aliphatic rings. The van der Waals surface area contributed by atoms with Crippen molar-refractivity contribution in [3.63, 3.8) is 0 Å². The van der Waals surface area contributed by atoms with Gasteiger partial charge in [0.2, 0.25) is 0 Å². The van der Waals surface area contributed by atoms with Gasteiger partial charge in [0.1, 0.15) is 0 Å². The van der Waals surface area contributed by atoms with Crippen LogP contribution in [0.2, 0.25) is 0 Å². The molecule has 0 amide bonds. The molecule has 0 fully saturated rings. The third-order valence-corrected chi connectivity index (χ3v) is 2.86. The summed E-state index contributed by atoms with van der Waals surface area (Å²) in [6.45, 7) is 7.70. The average Bonchev–Trinajstić information content (AvgIpc) is 2.32. The summed E-state index contributed by atoms with van der Waals surface area (Å²) in [6.07, 6.45) is 1.79. The van der Waals surface area contributed by atoms with E-state index >= 15 is 0 Å². The van der Waals surface area contributed by atoms with Crippen LogP contribution in [0.25, 0.3) is 0 Å². The lowest BCUT2D eigenvalue weighted by Crippen LogP contribution is -2.21. The molecule has 0 saturated heterocycles. The third kappa shape index (κ3) is 4.99. The monoisotopic (exact) mass is 269 g/mol. The van der Waals surface area contributed by atoms with Crippen molar-refractivity contribution in [1.82, 2.24) is 0 Å². The van der Waals surface area contributed by atoms with E-state index in [1.807, 2.05) is 13.8 Å². The summed E-state index contributed by atoms with van der Waals surface area (Å²) in [5.41, 5.74) is 7.23. The molecule has 0 saturated carbocycles. The van der Waals surface area contributed by atoms with Gasteiger partial charge in [-0.05, 0) is 37.5 Å². The number of hydrogen-bond acceptors (Lipinski definition) is 2. The fourth-order valence-electron chi connectivity index (χ4n) is 1.64. The van der Waals surface area contributed by atoms with E-state index in [0.29, 0.717) is 18.4 Å². The summed E-state index contributed by atoms with van der Waals surface area (Å²) in [4.78, 5) is 0. The van der Waals surface area contributed by atoms with E-state index < -0.39 is 11.6 Å². The Labute approximate surface area is 113 Å². The molecule has 2 N–H and O–H groups in total. The minimum Gasteiger partial charge on any atom is -0.487 e. The molecular formula is C15H21F2NO. The van der Waals surface area contributed by atoms with Gasteiger partial charge >= 0.3 is 0 Å². The molecule has 0 heterocycles. The second-order valence-electron chi connectivity index (χ2n) is 4.82. The number of benzene rings is 1. The maximum absolute atomic E-state index is 13.8. The van der Waals surface area contributed by atoms with E-state index in [4.69, 9.17) is 10.5 Å². The molecule has 4 heteroatoms. The number of halogens is 2. The van der Waals surface area contributed by atoms with Crippen LogP contribution in [0.1, 0.15) is 32.3 Å². The van der Waals surface area contributed by atoms with Crippen LogP contribution in [0, 0.1) is 11.6 Å². The van der Waals surface area contributed by atoms with Crippen LogP contribution >= 0.6 is 0 Å². The molecule has 1 aromatic carbocycles. The molecule has 0 spiro atoms. The van der Waals surface area contributed by atoms with Gasteiger partial charge in [0.15, 0.2) is 17.4 Å². The van der Waals surface area contributed by atoms with E-state index in [1.54, 1.807) is 0 Å². The van der Waals surface area contributed by atoms with Crippen LogP contribution in [0.3, 0.4) is 0 Å². The van der Waals surface area contributed by atoms with E-state index in [0.717, 1.165) is 12.0 Å². The molecule has 1 aromatic rings. The van der Waals surface area contributed by atoms with E-state index in [9.17, 15) is 8.78 Å². The lowest BCUT2D eigenvalue weighted by molar-refractivity contribution is 0.288.